The molecule has 9 heteroatoms. The highest BCUT2D eigenvalue weighted by molar-refractivity contribution is 6.01. The topological polar surface area (TPSA) is 122 Å². The molecule has 9 nitrogen and oxygen atoms in total. The average molecular weight is 529 g/mol. The first-order valence-electron chi connectivity index (χ1n) is 13.3. The number of hydrogen-bond acceptors (Lipinski definition) is 6. The molecular weight excluding hydrogens is 496 g/mol. The van der Waals surface area contributed by atoms with E-state index in [1.165, 1.54) is 7.11 Å². The van der Waals surface area contributed by atoms with Crippen molar-refractivity contribution >= 4 is 40.1 Å². The van der Waals surface area contributed by atoms with Gasteiger partial charge in [0.25, 0.3) is 5.91 Å². The summed E-state index contributed by atoms with van der Waals surface area (Å²) in [5.74, 6) is -1.06. The summed E-state index contributed by atoms with van der Waals surface area (Å²) in [5.41, 5.74) is 2.14. The molecule has 0 bridgehead atoms. The molecule has 1 aliphatic rings. The van der Waals surface area contributed by atoms with E-state index in [2.05, 4.69) is 10.6 Å². The Morgan fingerprint density at radius 1 is 1.05 bits per heavy atom. The van der Waals surface area contributed by atoms with Crippen LogP contribution in [-0.4, -0.2) is 52.0 Å². The van der Waals surface area contributed by atoms with Gasteiger partial charge in [-0.15, -0.1) is 0 Å². The van der Waals surface area contributed by atoms with E-state index in [4.69, 9.17) is 9.72 Å². The molecule has 2 heterocycles. The number of imidazole rings is 1. The molecule has 39 heavy (non-hydrogen) atoms. The number of aromatic nitrogens is 2. The summed E-state index contributed by atoms with van der Waals surface area (Å²) in [6, 6.07) is 16.9. The molecule has 0 radical (unpaired) electrons. The molecular formula is C30H32N4O5. The first-order valence-corrected chi connectivity index (χ1v) is 13.3. The van der Waals surface area contributed by atoms with Crippen LogP contribution < -0.4 is 10.6 Å². The number of methoxy groups -OCH3 is 1. The van der Waals surface area contributed by atoms with Crippen molar-refractivity contribution in [2.75, 3.05) is 19.0 Å². The highest BCUT2D eigenvalue weighted by Crippen LogP contribution is 2.33. The number of carboxylic acid groups (broad SMARTS) is 1. The lowest BCUT2D eigenvalue weighted by atomic mass is 9.82. The van der Waals surface area contributed by atoms with E-state index < -0.39 is 18.0 Å². The summed E-state index contributed by atoms with van der Waals surface area (Å²) in [6.07, 6.45) is 6.67. The van der Waals surface area contributed by atoms with Crippen molar-refractivity contribution in [3.05, 3.63) is 66.4 Å². The van der Waals surface area contributed by atoms with E-state index in [0.717, 1.165) is 48.4 Å². The van der Waals surface area contributed by atoms with Crippen LogP contribution in [0.5, 0.6) is 0 Å². The molecule has 1 fully saturated rings. The van der Waals surface area contributed by atoms with Crippen LogP contribution in [0.2, 0.25) is 0 Å². The van der Waals surface area contributed by atoms with Gasteiger partial charge in [-0.3, -0.25) is 18.8 Å². The zero-order valence-corrected chi connectivity index (χ0v) is 21.9. The summed E-state index contributed by atoms with van der Waals surface area (Å²) in [7, 11) is 1.32. The number of benzene rings is 2. The second-order valence-electron chi connectivity index (χ2n) is 9.99. The second-order valence-corrected chi connectivity index (χ2v) is 9.99. The van der Waals surface area contributed by atoms with Gasteiger partial charge >= 0.3 is 11.9 Å². The van der Waals surface area contributed by atoms with Crippen LogP contribution in [0.15, 0.2) is 60.8 Å². The number of carbonyl (C=O) groups is 3. The molecule has 2 aromatic heterocycles. The molecule has 0 spiro atoms. The Kier molecular flexibility index (Phi) is 7.76. The van der Waals surface area contributed by atoms with Crippen LogP contribution in [0, 0.1) is 5.92 Å². The molecule has 1 saturated carbocycles. The first-order chi connectivity index (χ1) is 18.9. The Labute approximate surface area is 226 Å². The molecule has 2 aromatic carbocycles. The number of amides is 1. The maximum atomic E-state index is 13.6. The van der Waals surface area contributed by atoms with E-state index in [1.807, 2.05) is 42.5 Å². The number of pyridine rings is 1. The van der Waals surface area contributed by atoms with Gasteiger partial charge in [0.05, 0.1) is 19.1 Å². The van der Waals surface area contributed by atoms with Crippen molar-refractivity contribution in [1.29, 1.82) is 0 Å². The number of carboxylic acids is 1. The van der Waals surface area contributed by atoms with Gasteiger partial charge in [-0.05, 0) is 47.7 Å². The van der Waals surface area contributed by atoms with Crippen LogP contribution >= 0.6 is 0 Å². The SMILES string of the molecule is COC(=O)CNc1c(-c2ccc3ccccc3c2)nc2c(C(=O)NC(CC(=O)O)C3CCCCC3)cccn12. The Morgan fingerprint density at radius 2 is 1.82 bits per heavy atom. The second kappa shape index (κ2) is 11.6. The number of anilines is 1. The van der Waals surface area contributed by atoms with E-state index in [0.29, 0.717) is 22.7 Å². The molecule has 0 saturated heterocycles. The molecule has 5 rings (SSSR count). The maximum absolute atomic E-state index is 13.6. The van der Waals surface area contributed by atoms with Gasteiger partial charge in [-0.1, -0.05) is 55.7 Å². The van der Waals surface area contributed by atoms with Crippen LogP contribution in [0.25, 0.3) is 27.7 Å². The van der Waals surface area contributed by atoms with E-state index in [-0.39, 0.29) is 24.8 Å². The normalized spacial score (nSPS) is 14.7. The standard InChI is InChI=1S/C30H32N4O5/c1-39-26(37)18-31-29-27(22-14-13-19-8-5-6-11-21(19)16-22)33-28-23(12-7-15-34(28)29)30(38)32-24(17-25(35)36)20-9-3-2-4-10-20/h5-8,11-16,20,24,31H,2-4,9-10,17-18H2,1H3,(H,32,38)(H,35,36). The summed E-state index contributed by atoms with van der Waals surface area (Å²) in [5, 5.41) is 17.8. The number of nitrogens with one attached hydrogen (secondary N) is 2. The fourth-order valence-corrected chi connectivity index (χ4v) is 5.49. The lowest BCUT2D eigenvalue weighted by Crippen LogP contribution is -2.42. The number of rotatable bonds is 9. The highest BCUT2D eigenvalue weighted by Gasteiger charge is 2.29. The van der Waals surface area contributed by atoms with Gasteiger partial charge in [-0.2, -0.15) is 0 Å². The maximum Gasteiger partial charge on any atom is 0.325 e. The van der Waals surface area contributed by atoms with E-state index >= 15 is 0 Å². The summed E-state index contributed by atoms with van der Waals surface area (Å²) >= 11 is 0. The van der Waals surface area contributed by atoms with Crippen LogP contribution in [-0.2, 0) is 14.3 Å². The van der Waals surface area contributed by atoms with Crippen molar-refractivity contribution < 1.29 is 24.2 Å². The average Bonchev–Trinajstić information content (AvgIpc) is 3.34. The predicted molar refractivity (Wildman–Crippen MR) is 149 cm³/mol. The monoisotopic (exact) mass is 528 g/mol. The number of carbonyl (C=O) groups excluding carboxylic acids is 2. The number of ether oxygens (including phenoxy) is 1. The van der Waals surface area contributed by atoms with E-state index in [1.54, 1.807) is 22.7 Å². The van der Waals surface area contributed by atoms with Crippen LogP contribution in [0.3, 0.4) is 0 Å². The lowest BCUT2D eigenvalue weighted by molar-refractivity contribution is -0.139. The zero-order chi connectivity index (χ0) is 27.4. The van der Waals surface area contributed by atoms with E-state index in [9.17, 15) is 19.5 Å². The molecule has 1 aliphatic carbocycles. The smallest absolute Gasteiger partial charge is 0.325 e. The minimum absolute atomic E-state index is 0.0797. The van der Waals surface area contributed by atoms with Gasteiger partial charge in [0.1, 0.15) is 18.1 Å². The summed E-state index contributed by atoms with van der Waals surface area (Å²) in [4.78, 5) is 42.0. The van der Waals surface area contributed by atoms with Crippen LogP contribution in [0.4, 0.5) is 5.82 Å². The molecule has 1 unspecified atom stereocenters. The van der Waals surface area contributed by atoms with Crippen LogP contribution in [0.1, 0.15) is 48.9 Å². The highest BCUT2D eigenvalue weighted by atomic mass is 16.5. The number of fused-ring (bicyclic) bond motifs is 2. The molecule has 1 atom stereocenters. The van der Waals surface area contributed by atoms with Crippen molar-refractivity contribution in [2.24, 2.45) is 5.92 Å². The fourth-order valence-electron chi connectivity index (χ4n) is 5.49. The van der Waals surface area contributed by atoms with Crippen molar-refractivity contribution in [3.63, 3.8) is 0 Å². The Bertz CT molecular complexity index is 1520. The number of hydrogen-bond donors (Lipinski definition) is 3. The third-order valence-corrected chi connectivity index (χ3v) is 7.48. The van der Waals surface area contributed by atoms with Gasteiger partial charge in [-0.25, -0.2) is 4.98 Å². The molecule has 0 aliphatic heterocycles. The number of esters is 1. The Hall–Kier alpha value is -4.40. The quantitative estimate of drug-likeness (QED) is 0.264. The predicted octanol–water partition coefficient (Wildman–Crippen LogP) is 4.89. The van der Waals surface area contributed by atoms with Gasteiger partial charge < -0.3 is 20.5 Å². The molecule has 4 aromatic rings. The van der Waals surface area contributed by atoms with Gasteiger partial charge in [0.2, 0.25) is 0 Å². The lowest BCUT2D eigenvalue weighted by Gasteiger charge is -2.30. The first kappa shape index (κ1) is 26.2. The van der Waals surface area contributed by atoms with Crippen molar-refractivity contribution in [1.82, 2.24) is 14.7 Å². The number of aliphatic carboxylic acids is 1. The summed E-state index contributed by atoms with van der Waals surface area (Å²) < 4.78 is 6.56. The fraction of sp³-hybridized carbons (Fsp3) is 0.333. The Balaban J connectivity index is 1.55. The third kappa shape index (κ3) is 5.72. The van der Waals surface area contributed by atoms with Crippen molar-refractivity contribution in [2.45, 2.75) is 44.6 Å². The van der Waals surface area contributed by atoms with Gasteiger partial charge in [0.15, 0.2) is 5.65 Å². The molecule has 3 N–H and O–H groups in total. The minimum atomic E-state index is -0.933. The largest absolute Gasteiger partial charge is 0.481 e. The molecule has 1 amide bonds. The molecule has 202 valence electrons. The van der Waals surface area contributed by atoms with Gasteiger partial charge in [0, 0.05) is 17.8 Å². The van der Waals surface area contributed by atoms with Crippen molar-refractivity contribution in [3.8, 4) is 11.3 Å². The zero-order valence-electron chi connectivity index (χ0n) is 21.9. The Morgan fingerprint density at radius 3 is 2.56 bits per heavy atom. The minimum Gasteiger partial charge on any atom is -0.481 e. The third-order valence-electron chi connectivity index (χ3n) is 7.48. The summed E-state index contributed by atoms with van der Waals surface area (Å²) in [6.45, 7) is -0.0797. The number of nitrogens with zero attached hydrogens (tertiary/aromatic N) is 2.